The smallest absolute Gasteiger partial charge is 0.308 e. The van der Waals surface area contributed by atoms with Gasteiger partial charge in [0.05, 0.1) is 5.41 Å². The maximum absolute atomic E-state index is 12.0. The topological polar surface area (TPSA) is 65.1 Å². The van der Waals surface area contributed by atoms with Gasteiger partial charge in [-0.3, -0.25) is 14.5 Å². The lowest BCUT2D eigenvalue weighted by atomic mass is 9.41. The molecule has 2 bridgehead atoms. The fourth-order valence-electron chi connectivity index (χ4n) is 7.30. The highest BCUT2D eigenvalue weighted by Crippen LogP contribution is 2.73. The molecule has 0 N–H and O–H groups in total. The Morgan fingerprint density at radius 2 is 1.90 bits per heavy atom. The summed E-state index contributed by atoms with van der Waals surface area (Å²) in [5.41, 5.74) is 0.689. The summed E-state index contributed by atoms with van der Waals surface area (Å²) in [4.78, 5) is 26.4. The second kappa shape index (κ2) is 6.12. The monoisotopic (exact) mass is 425 g/mol. The molecule has 0 unspecified atom stereocenters. The SMILES string of the molecule is CC(=O)Oc1ccc2c3c1O[C@@]1(C)[C@@H](OC(C)=O)C=C[C@]4(C)[C@@]31CCCN(C)[C@]4(C)C2. The van der Waals surface area contributed by atoms with Gasteiger partial charge in [-0.15, -0.1) is 0 Å². The molecule has 2 aliphatic heterocycles. The van der Waals surface area contributed by atoms with E-state index in [2.05, 4.69) is 44.9 Å². The van der Waals surface area contributed by atoms with Crippen LogP contribution in [0.2, 0.25) is 0 Å². The van der Waals surface area contributed by atoms with Crippen molar-refractivity contribution in [2.24, 2.45) is 5.41 Å². The van der Waals surface area contributed by atoms with Gasteiger partial charge < -0.3 is 14.2 Å². The normalized spacial score (nSPS) is 39.9. The number of carbonyl (C=O) groups is 2. The second-order valence-corrected chi connectivity index (χ2v) is 10.2. The van der Waals surface area contributed by atoms with Gasteiger partial charge in [-0.1, -0.05) is 19.1 Å². The fraction of sp³-hybridized carbons (Fsp3) is 0.600. The minimum atomic E-state index is -0.817. The molecule has 1 fully saturated rings. The van der Waals surface area contributed by atoms with Crippen LogP contribution in [0.5, 0.6) is 11.5 Å². The molecule has 0 amide bonds. The molecule has 166 valence electrons. The average molecular weight is 426 g/mol. The van der Waals surface area contributed by atoms with Crippen LogP contribution in [-0.4, -0.2) is 47.7 Å². The maximum Gasteiger partial charge on any atom is 0.308 e. The lowest BCUT2D eigenvalue weighted by Gasteiger charge is -2.65. The van der Waals surface area contributed by atoms with Crippen molar-refractivity contribution < 1.29 is 23.8 Å². The molecule has 1 aromatic carbocycles. The second-order valence-electron chi connectivity index (χ2n) is 10.2. The van der Waals surface area contributed by atoms with Crippen LogP contribution in [0.1, 0.15) is 58.6 Å². The van der Waals surface area contributed by atoms with Gasteiger partial charge in [0.15, 0.2) is 23.2 Å². The number of carbonyl (C=O) groups excluding carboxylic acids is 2. The molecule has 1 spiro atoms. The molecule has 5 rings (SSSR count). The van der Waals surface area contributed by atoms with Crippen molar-refractivity contribution in [1.29, 1.82) is 0 Å². The Balaban J connectivity index is 1.87. The van der Waals surface area contributed by atoms with E-state index >= 15 is 0 Å². The van der Waals surface area contributed by atoms with Gasteiger partial charge in [0.1, 0.15) is 0 Å². The molecular weight excluding hydrogens is 394 g/mol. The quantitative estimate of drug-likeness (QED) is 0.410. The van der Waals surface area contributed by atoms with Crippen molar-refractivity contribution >= 4 is 11.9 Å². The third-order valence-corrected chi connectivity index (χ3v) is 8.92. The number of likely N-dealkylation sites (tertiary alicyclic amines) is 1. The first-order chi connectivity index (χ1) is 14.5. The standard InChI is InChI=1S/C25H31NO5/c1-15(27)29-18-9-8-17-14-23(4)22(3)12-10-19(30-16(2)28)24(5)25(22,11-7-13-26(23)6)20(17)21(18)31-24/h8-10,12,19H,7,11,13-14H2,1-6H3/t19-,22-,23+,24-,25+/m0/s1. The Kier molecular flexibility index (Phi) is 4.06. The molecular formula is C25H31NO5. The first-order valence-corrected chi connectivity index (χ1v) is 11.1. The first kappa shape index (κ1) is 20.6. The van der Waals surface area contributed by atoms with E-state index in [1.807, 2.05) is 12.1 Å². The largest absolute Gasteiger partial charge is 0.478 e. The van der Waals surface area contributed by atoms with Gasteiger partial charge in [-0.05, 0) is 64.4 Å². The van der Waals surface area contributed by atoms with Gasteiger partial charge in [-0.25, -0.2) is 0 Å². The third kappa shape index (κ3) is 2.22. The Hall–Kier alpha value is -2.34. The summed E-state index contributed by atoms with van der Waals surface area (Å²) < 4.78 is 18.2. The number of hydrogen-bond acceptors (Lipinski definition) is 6. The maximum atomic E-state index is 12.0. The molecule has 1 saturated heterocycles. The number of ether oxygens (including phenoxy) is 3. The molecule has 2 heterocycles. The number of likely N-dealkylation sites (N-methyl/N-ethyl adjacent to an activating group) is 1. The Morgan fingerprint density at radius 3 is 2.58 bits per heavy atom. The van der Waals surface area contributed by atoms with Gasteiger partial charge in [-0.2, -0.15) is 0 Å². The van der Waals surface area contributed by atoms with Crippen LogP contribution in [0, 0.1) is 5.41 Å². The number of rotatable bonds is 2. The number of nitrogens with zero attached hydrogens (tertiary/aromatic N) is 1. The van der Waals surface area contributed by atoms with Crippen molar-refractivity contribution in [3.05, 3.63) is 35.4 Å². The highest BCUT2D eigenvalue weighted by molar-refractivity contribution is 5.73. The molecule has 0 radical (unpaired) electrons. The minimum Gasteiger partial charge on any atom is -0.478 e. The van der Waals surface area contributed by atoms with Crippen molar-refractivity contribution in [3.8, 4) is 11.5 Å². The molecule has 6 nitrogen and oxygen atoms in total. The molecule has 6 heteroatoms. The van der Waals surface area contributed by atoms with E-state index in [0.717, 1.165) is 31.4 Å². The molecule has 4 aliphatic rings. The zero-order valence-electron chi connectivity index (χ0n) is 19.2. The van der Waals surface area contributed by atoms with Crippen LogP contribution in [0.25, 0.3) is 0 Å². The fourth-order valence-corrected chi connectivity index (χ4v) is 7.30. The van der Waals surface area contributed by atoms with Crippen LogP contribution in [-0.2, 0) is 26.2 Å². The first-order valence-electron chi connectivity index (χ1n) is 11.1. The lowest BCUT2D eigenvalue weighted by Crippen LogP contribution is -2.74. The summed E-state index contributed by atoms with van der Waals surface area (Å²) in [6.45, 7) is 10.6. The van der Waals surface area contributed by atoms with Gasteiger partial charge in [0, 0.05) is 30.4 Å². The van der Waals surface area contributed by atoms with E-state index in [-0.39, 0.29) is 22.9 Å². The number of benzene rings is 1. The van der Waals surface area contributed by atoms with E-state index in [4.69, 9.17) is 14.2 Å². The Morgan fingerprint density at radius 1 is 1.16 bits per heavy atom. The van der Waals surface area contributed by atoms with E-state index in [1.165, 1.54) is 19.4 Å². The summed E-state index contributed by atoms with van der Waals surface area (Å²) >= 11 is 0. The van der Waals surface area contributed by atoms with Crippen molar-refractivity contribution in [2.45, 2.75) is 76.5 Å². The summed E-state index contributed by atoms with van der Waals surface area (Å²) in [6.07, 6.45) is 6.51. The van der Waals surface area contributed by atoms with E-state index in [0.29, 0.717) is 11.5 Å². The summed E-state index contributed by atoms with van der Waals surface area (Å²) in [7, 11) is 2.21. The Bertz CT molecular complexity index is 1030. The van der Waals surface area contributed by atoms with Crippen molar-refractivity contribution in [1.82, 2.24) is 4.90 Å². The van der Waals surface area contributed by atoms with E-state index in [1.54, 1.807) is 0 Å². The van der Waals surface area contributed by atoms with E-state index < -0.39 is 17.1 Å². The van der Waals surface area contributed by atoms with Gasteiger partial charge in [0.25, 0.3) is 0 Å². The van der Waals surface area contributed by atoms with E-state index in [9.17, 15) is 9.59 Å². The summed E-state index contributed by atoms with van der Waals surface area (Å²) in [5, 5.41) is 0. The number of hydrogen-bond donors (Lipinski definition) is 0. The zero-order chi connectivity index (χ0) is 22.4. The highest BCUT2D eigenvalue weighted by Gasteiger charge is 2.77. The molecule has 0 aromatic heterocycles. The molecule has 1 aromatic rings. The lowest BCUT2D eigenvalue weighted by molar-refractivity contribution is -0.171. The molecule has 0 saturated carbocycles. The highest BCUT2D eigenvalue weighted by atomic mass is 16.6. The number of esters is 2. The summed E-state index contributed by atoms with van der Waals surface area (Å²) in [6, 6.07) is 3.93. The predicted molar refractivity (Wildman–Crippen MR) is 115 cm³/mol. The van der Waals surface area contributed by atoms with Gasteiger partial charge in [0.2, 0.25) is 0 Å². The average Bonchev–Trinajstić information content (AvgIpc) is 2.94. The van der Waals surface area contributed by atoms with Crippen LogP contribution < -0.4 is 9.47 Å². The van der Waals surface area contributed by atoms with Crippen LogP contribution in [0.15, 0.2) is 24.3 Å². The van der Waals surface area contributed by atoms with Crippen LogP contribution >= 0.6 is 0 Å². The summed E-state index contributed by atoms with van der Waals surface area (Å²) in [5.74, 6) is 0.367. The minimum absolute atomic E-state index is 0.149. The molecule has 31 heavy (non-hydrogen) atoms. The van der Waals surface area contributed by atoms with Crippen LogP contribution in [0.4, 0.5) is 0 Å². The molecule has 5 atom stereocenters. The zero-order valence-corrected chi connectivity index (χ0v) is 19.2. The van der Waals surface area contributed by atoms with Crippen LogP contribution in [0.3, 0.4) is 0 Å². The predicted octanol–water partition coefficient (Wildman–Crippen LogP) is 3.55. The Labute approximate surface area is 183 Å². The third-order valence-electron chi connectivity index (χ3n) is 8.92. The van der Waals surface area contributed by atoms with Gasteiger partial charge >= 0.3 is 11.9 Å². The van der Waals surface area contributed by atoms with Crippen molar-refractivity contribution in [3.63, 3.8) is 0 Å². The molecule has 2 aliphatic carbocycles. The van der Waals surface area contributed by atoms with Crippen molar-refractivity contribution in [2.75, 3.05) is 13.6 Å².